The second kappa shape index (κ2) is 9.89. The molecule has 2 unspecified atom stereocenters. The van der Waals surface area contributed by atoms with Crippen molar-refractivity contribution in [3.05, 3.63) is 39.4 Å². The summed E-state index contributed by atoms with van der Waals surface area (Å²) in [5.74, 6) is -0.325. The maximum absolute atomic E-state index is 13.0. The minimum absolute atomic E-state index is 0.0296. The van der Waals surface area contributed by atoms with E-state index in [1.807, 2.05) is 0 Å². The summed E-state index contributed by atoms with van der Waals surface area (Å²) in [7, 11) is 0. The summed E-state index contributed by atoms with van der Waals surface area (Å²) >= 11 is 5.94. The average molecular weight is 424 g/mol. The summed E-state index contributed by atoms with van der Waals surface area (Å²) < 4.78 is 0. The van der Waals surface area contributed by atoms with E-state index in [1.54, 1.807) is 29.2 Å². The van der Waals surface area contributed by atoms with E-state index in [1.165, 1.54) is 4.90 Å². The predicted molar refractivity (Wildman–Crippen MR) is 109 cm³/mol. The number of amides is 2. The van der Waals surface area contributed by atoms with Gasteiger partial charge in [0.25, 0.3) is 0 Å². The molecule has 158 valence electrons. The highest BCUT2D eigenvalue weighted by atomic mass is 35.5. The van der Waals surface area contributed by atoms with Crippen molar-refractivity contribution in [3.63, 3.8) is 0 Å². The molecule has 2 amide bonds. The molecule has 2 atom stereocenters. The van der Waals surface area contributed by atoms with E-state index in [9.17, 15) is 19.7 Å². The lowest BCUT2D eigenvalue weighted by atomic mass is 10.1. The molecule has 9 nitrogen and oxygen atoms in total. The maximum Gasteiger partial charge on any atom is 0.344 e. The highest BCUT2D eigenvalue weighted by molar-refractivity contribution is 6.30. The molecule has 2 saturated heterocycles. The van der Waals surface area contributed by atoms with Gasteiger partial charge in [-0.2, -0.15) is 0 Å². The van der Waals surface area contributed by atoms with Crippen LogP contribution >= 0.6 is 11.6 Å². The van der Waals surface area contributed by atoms with E-state index in [0.717, 1.165) is 38.8 Å². The lowest BCUT2D eigenvalue weighted by Gasteiger charge is -2.27. The number of rotatable bonds is 7. The van der Waals surface area contributed by atoms with Gasteiger partial charge in [-0.25, -0.2) is 5.32 Å². The van der Waals surface area contributed by atoms with Gasteiger partial charge in [0.15, 0.2) is 0 Å². The van der Waals surface area contributed by atoms with Crippen LogP contribution in [-0.4, -0.2) is 65.0 Å². The normalized spacial score (nSPS) is 21.0. The molecule has 1 aromatic rings. The summed E-state index contributed by atoms with van der Waals surface area (Å²) in [6.45, 7) is 1.98. The first-order chi connectivity index (χ1) is 13.9. The molecule has 1 aromatic carbocycles. The zero-order chi connectivity index (χ0) is 20.8. The van der Waals surface area contributed by atoms with Crippen LogP contribution in [0.4, 0.5) is 5.69 Å². The molecular formula is C19H26ClN5O4. The van der Waals surface area contributed by atoms with Crippen LogP contribution in [-0.2, 0) is 9.59 Å². The van der Waals surface area contributed by atoms with Crippen LogP contribution < -0.4 is 10.6 Å². The number of nitro groups is 1. The van der Waals surface area contributed by atoms with E-state index in [4.69, 9.17) is 11.6 Å². The molecule has 0 radical (unpaired) electrons. The van der Waals surface area contributed by atoms with Crippen LogP contribution in [0, 0.1) is 10.1 Å². The van der Waals surface area contributed by atoms with Gasteiger partial charge in [0, 0.05) is 30.3 Å². The Morgan fingerprint density at radius 1 is 1.24 bits per heavy atom. The van der Waals surface area contributed by atoms with Gasteiger partial charge in [-0.3, -0.25) is 19.7 Å². The largest absolute Gasteiger partial charge is 0.344 e. The Morgan fingerprint density at radius 3 is 2.66 bits per heavy atom. The molecule has 2 aliphatic rings. The Bertz CT molecular complexity index is 756. The first kappa shape index (κ1) is 21.3. The average Bonchev–Trinajstić information content (AvgIpc) is 3.17. The monoisotopic (exact) mass is 423 g/mol. The quantitative estimate of drug-likeness (QED) is 0.394. The van der Waals surface area contributed by atoms with Crippen molar-refractivity contribution in [2.75, 3.05) is 31.5 Å². The molecule has 2 heterocycles. The number of halogens is 1. The molecule has 3 rings (SSSR count). The molecule has 2 aliphatic heterocycles. The summed E-state index contributed by atoms with van der Waals surface area (Å²) in [4.78, 5) is 39.8. The molecule has 2 N–H and O–H groups in total. The van der Waals surface area contributed by atoms with Crippen molar-refractivity contribution in [1.29, 1.82) is 0 Å². The Kier molecular flexibility index (Phi) is 7.27. The lowest BCUT2D eigenvalue weighted by Crippen LogP contribution is -2.55. The zero-order valence-electron chi connectivity index (χ0n) is 16.2. The number of anilines is 1. The number of hydrogen-bond acceptors (Lipinski definition) is 6. The SMILES string of the molecule is O=C(CN1CCCCC(NC(Nc2cccc(Cl)c2)[N+](=O)[O-])C1=O)N1CCCC1. The number of benzene rings is 1. The minimum atomic E-state index is -1.35. The number of nitrogens with zero attached hydrogens (tertiary/aromatic N) is 3. The van der Waals surface area contributed by atoms with E-state index in [2.05, 4.69) is 10.6 Å². The second-order valence-electron chi connectivity index (χ2n) is 7.41. The van der Waals surface area contributed by atoms with Gasteiger partial charge in [-0.05, 0) is 50.3 Å². The van der Waals surface area contributed by atoms with Crippen molar-refractivity contribution in [2.45, 2.75) is 44.4 Å². The fraction of sp³-hybridized carbons (Fsp3) is 0.579. The van der Waals surface area contributed by atoms with Gasteiger partial charge >= 0.3 is 6.29 Å². The predicted octanol–water partition coefficient (Wildman–Crippen LogP) is 1.91. The van der Waals surface area contributed by atoms with Crippen molar-refractivity contribution < 1.29 is 14.5 Å². The van der Waals surface area contributed by atoms with Gasteiger partial charge in [-0.1, -0.05) is 17.7 Å². The maximum atomic E-state index is 13.0. The van der Waals surface area contributed by atoms with Crippen LogP contribution in [0.3, 0.4) is 0 Å². The third-order valence-electron chi connectivity index (χ3n) is 5.26. The van der Waals surface area contributed by atoms with E-state index < -0.39 is 17.3 Å². The Hall–Kier alpha value is -2.39. The van der Waals surface area contributed by atoms with E-state index in [-0.39, 0.29) is 18.4 Å². The standard InChI is InChI=1S/C19H26ClN5O4/c20-14-6-5-7-15(12-14)21-19(25(28)29)22-16-8-1-2-11-24(18(16)27)13-17(26)23-9-3-4-10-23/h5-7,12,16,19,21-22H,1-4,8-11,13H2. The van der Waals surface area contributed by atoms with Crippen LogP contribution in [0.2, 0.25) is 5.02 Å². The summed E-state index contributed by atoms with van der Waals surface area (Å²) in [6, 6.07) is 5.87. The number of carbonyl (C=O) groups is 2. The highest BCUT2D eigenvalue weighted by Crippen LogP contribution is 2.18. The molecule has 10 heteroatoms. The van der Waals surface area contributed by atoms with Gasteiger partial charge < -0.3 is 15.1 Å². The fourth-order valence-corrected chi connectivity index (χ4v) is 3.92. The fourth-order valence-electron chi connectivity index (χ4n) is 3.73. The molecule has 0 aromatic heterocycles. The topological polar surface area (TPSA) is 108 Å². The van der Waals surface area contributed by atoms with Crippen LogP contribution in [0.25, 0.3) is 0 Å². The van der Waals surface area contributed by atoms with Gasteiger partial charge in [0.2, 0.25) is 11.8 Å². The number of likely N-dealkylation sites (tertiary alicyclic amines) is 2. The Balaban J connectivity index is 1.65. The van der Waals surface area contributed by atoms with Crippen molar-refractivity contribution >= 4 is 29.1 Å². The molecular weight excluding hydrogens is 398 g/mol. The second-order valence-corrected chi connectivity index (χ2v) is 7.84. The van der Waals surface area contributed by atoms with Gasteiger partial charge in [0.1, 0.15) is 0 Å². The molecule has 0 aliphatic carbocycles. The van der Waals surface area contributed by atoms with Crippen LogP contribution in [0.5, 0.6) is 0 Å². The third-order valence-corrected chi connectivity index (χ3v) is 5.50. The molecule has 0 saturated carbocycles. The Labute approximate surface area is 174 Å². The number of nitrogens with one attached hydrogen (secondary N) is 2. The van der Waals surface area contributed by atoms with Crippen LogP contribution in [0.1, 0.15) is 32.1 Å². The molecule has 0 spiro atoms. The molecule has 0 bridgehead atoms. The Morgan fingerprint density at radius 2 is 1.97 bits per heavy atom. The molecule has 29 heavy (non-hydrogen) atoms. The first-order valence-electron chi connectivity index (χ1n) is 9.92. The smallest absolute Gasteiger partial charge is 0.341 e. The summed E-state index contributed by atoms with van der Waals surface area (Å²) in [5, 5.41) is 17.6. The van der Waals surface area contributed by atoms with Crippen LogP contribution in [0.15, 0.2) is 24.3 Å². The summed E-state index contributed by atoms with van der Waals surface area (Å²) in [6.07, 6.45) is 2.63. The first-order valence-corrected chi connectivity index (χ1v) is 10.3. The van der Waals surface area contributed by atoms with Crippen molar-refractivity contribution in [3.8, 4) is 0 Å². The van der Waals surface area contributed by atoms with Gasteiger partial charge in [0.05, 0.1) is 17.5 Å². The third kappa shape index (κ3) is 5.80. The summed E-state index contributed by atoms with van der Waals surface area (Å²) in [5.41, 5.74) is 0.480. The van der Waals surface area contributed by atoms with E-state index in [0.29, 0.717) is 23.7 Å². The van der Waals surface area contributed by atoms with Gasteiger partial charge in [-0.15, -0.1) is 0 Å². The zero-order valence-corrected chi connectivity index (χ0v) is 16.9. The van der Waals surface area contributed by atoms with Crippen molar-refractivity contribution in [1.82, 2.24) is 15.1 Å². The van der Waals surface area contributed by atoms with E-state index >= 15 is 0 Å². The number of hydrogen-bond donors (Lipinski definition) is 2. The van der Waals surface area contributed by atoms with Crippen molar-refractivity contribution in [2.24, 2.45) is 0 Å². The molecule has 2 fully saturated rings. The number of carbonyl (C=O) groups excluding carboxylic acids is 2. The lowest BCUT2D eigenvalue weighted by molar-refractivity contribution is -0.522. The minimum Gasteiger partial charge on any atom is -0.341 e. The highest BCUT2D eigenvalue weighted by Gasteiger charge is 2.34.